The van der Waals surface area contributed by atoms with Crippen molar-refractivity contribution in [1.29, 1.82) is 0 Å². The van der Waals surface area contributed by atoms with Gasteiger partial charge in [0.25, 0.3) is 0 Å². The van der Waals surface area contributed by atoms with Gasteiger partial charge in [0.05, 0.1) is 6.33 Å². The van der Waals surface area contributed by atoms with Gasteiger partial charge in [0.1, 0.15) is 36.2 Å². The molecule has 1 fully saturated rings. The summed E-state index contributed by atoms with van der Waals surface area (Å²) >= 11 is 0. The van der Waals surface area contributed by atoms with Crippen molar-refractivity contribution in [3.8, 4) is 0 Å². The molecule has 5 atom stereocenters. The van der Waals surface area contributed by atoms with Gasteiger partial charge in [-0.1, -0.05) is 0 Å². The van der Waals surface area contributed by atoms with E-state index in [1.807, 2.05) is 0 Å². The van der Waals surface area contributed by atoms with E-state index in [9.17, 15) is 15.0 Å². The lowest BCUT2D eigenvalue weighted by atomic mass is 10.1. The van der Waals surface area contributed by atoms with E-state index in [2.05, 4.69) is 15.0 Å². The van der Waals surface area contributed by atoms with E-state index in [4.69, 9.17) is 21.3 Å². The summed E-state index contributed by atoms with van der Waals surface area (Å²) in [5, 5.41) is 29.6. The zero-order valence-electron chi connectivity index (χ0n) is 14.7. The zero-order chi connectivity index (χ0) is 19.7. The number of fused-ring (bicyclic) bond motifs is 1. The molecule has 148 valence electrons. The van der Waals surface area contributed by atoms with Crippen LogP contribution in [0.4, 0.5) is 5.82 Å². The van der Waals surface area contributed by atoms with Gasteiger partial charge in [-0.15, -0.1) is 0 Å². The Balaban J connectivity index is 1.68. The lowest BCUT2D eigenvalue weighted by molar-refractivity contribution is -0.138. The Morgan fingerprint density at radius 2 is 2.11 bits per heavy atom. The van der Waals surface area contributed by atoms with Crippen LogP contribution in [-0.4, -0.2) is 90.2 Å². The van der Waals surface area contributed by atoms with Crippen LogP contribution >= 0.6 is 0 Å². The molecule has 0 aromatic carbocycles. The summed E-state index contributed by atoms with van der Waals surface area (Å²) < 4.78 is 7.34. The molecule has 0 bridgehead atoms. The second-order valence-corrected chi connectivity index (χ2v) is 6.62. The average molecular weight is 381 g/mol. The van der Waals surface area contributed by atoms with Crippen LogP contribution in [0.2, 0.25) is 0 Å². The molecule has 0 saturated carbocycles. The lowest BCUT2D eigenvalue weighted by Crippen LogP contribution is -2.40. The third kappa shape index (κ3) is 3.84. The number of carbonyl (C=O) groups is 1. The molecule has 0 radical (unpaired) electrons. The third-order valence-corrected chi connectivity index (χ3v) is 4.63. The smallest absolute Gasteiger partial charge is 0.320 e. The number of aliphatic carboxylic acids is 1. The van der Waals surface area contributed by atoms with E-state index in [1.165, 1.54) is 17.2 Å². The number of hydrogen-bond acceptors (Lipinski definition) is 10. The van der Waals surface area contributed by atoms with Gasteiger partial charge >= 0.3 is 5.97 Å². The van der Waals surface area contributed by atoms with Crippen LogP contribution in [0.3, 0.4) is 0 Å². The highest BCUT2D eigenvalue weighted by Gasteiger charge is 2.44. The Morgan fingerprint density at radius 1 is 1.37 bits per heavy atom. The topological polar surface area (TPSA) is 186 Å². The number of nitrogens with zero attached hydrogens (tertiary/aromatic N) is 5. The number of likely N-dealkylation sites (N-methyl/N-ethyl adjacent to an activating group) is 1. The van der Waals surface area contributed by atoms with Crippen LogP contribution < -0.4 is 11.5 Å². The van der Waals surface area contributed by atoms with Gasteiger partial charge in [-0.25, -0.2) is 15.0 Å². The standard InChI is InChI=1S/C15H23N7O5/c1-21(3-2-7(16)15(25)26)4-8-10(23)11(24)14(27-8)22-6-20-9-12(17)18-5-19-13(9)22/h5-8,10-11,14,23-24H,2-4,16H2,1H3,(H,25,26)(H2,17,18,19)/t7-,8+,10+,11+,14+/m0/s1. The highest BCUT2D eigenvalue weighted by Crippen LogP contribution is 2.32. The second kappa shape index (κ2) is 7.70. The van der Waals surface area contributed by atoms with Crippen molar-refractivity contribution in [2.24, 2.45) is 5.73 Å². The van der Waals surface area contributed by atoms with Gasteiger partial charge in [-0.3, -0.25) is 9.36 Å². The number of hydrogen-bond donors (Lipinski definition) is 5. The molecule has 1 aliphatic heterocycles. The number of anilines is 1. The van der Waals surface area contributed by atoms with Crippen LogP contribution in [0.15, 0.2) is 12.7 Å². The van der Waals surface area contributed by atoms with Gasteiger partial charge in [0.15, 0.2) is 17.7 Å². The van der Waals surface area contributed by atoms with Crippen molar-refractivity contribution in [3.63, 3.8) is 0 Å². The minimum atomic E-state index is -1.20. The van der Waals surface area contributed by atoms with Crippen molar-refractivity contribution in [2.75, 3.05) is 25.9 Å². The summed E-state index contributed by atoms with van der Waals surface area (Å²) in [5.41, 5.74) is 12.0. The first-order valence-corrected chi connectivity index (χ1v) is 8.41. The Kier molecular flexibility index (Phi) is 5.53. The maximum absolute atomic E-state index is 10.8. The van der Waals surface area contributed by atoms with Crippen molar-refractivity contribution in [1.82, 2.24) is 24.4 Å². The number of nitrogens with two attached hydrogens (primary N) is 2. The zero-order valence-corrected chi connectivity index (χ0v) is 14.7. The largest absolute Gasteiger partial charge is 0.480 e. The van der Waals surface area contributed by atoms with E-state index in [1.54, 1.807) is 11.9 Å². The molecule has 1 aliphatic rings. The average Bonchev–Trinajstić information content (AvgIpc) is 3.17. The SMILES string of the molecule is CN(CC[C@H](N)C(=O)O)C[C@H]1O[C@@H](n2cnc3c(N)ncnc32)[C@H](O)[C@@H]1O. The van der Waals surface area contributed by atoms with Crippen molar-refractivity contribution >= 4 is 23.0 Å². The third-order valence-electron chi connectivity index (χ3n) is 4.63. The predicted octanol–water partition coefficient (Wildman–Crippen LogP) is -2.24. The normalized spacial score (nSPS) is 26.7. The summed E-state index contributed by atoms with van der Waals surface area (Å²) in [4.78, 5) is 24.7. The fourth-order valence-corrected chi connectivity index (χ4v) is 3.05. The Bertz CT molecular complexity index is 815. The van der Waals surface area contributed by atoms with Gasteiger partial charge in [0, 0.05) is 6.54 Å². The summed E-state index contributed by atoms with van der Waals surface area (Å²) in [7, 11) is 1.75. The summed E-state index contributed by atoms with van der Waals surface area (Å²) in [6.45, 7) is 0.684. The van der Waals surface area contributed by atoms with Gasteiger partial charge in [-0.2, -0.15) is 0 Å². The Labute approximate surface area is 154 Å². The number of rotatable bonds is 7. The van der Waals surface area contributed by atoms with Gasteiger partial charge < -0.3 is 36.4 Å². The molecule has 7 N–H and O–H groups in total. The predicted molar refractivity (Wildman–Crippen MR) is 93.4 cm³/mol. The Hall–Kier alpha value is -2.38. The lowest BCUT2D eigenvalue weighted by Gasteiger charge is -2.23. The molecule has 12 heteroatoms. The van der Waals surface area contributed by atoms with Crippen molar-refractivity contribution in [2.45, 2.75) is 37.0 Å². The van der Waals surface area contributed by atoms with Crippen LogP contribution in [-0.2, 0) is 9.53 Å². The molecule has 0 amide bonds. The van der Waals surface area contributed by atoms with Crippen LogP contribution in [0.25, 0.3) is 11.2 Å². The molecule has 27 heavy (non-hydrogen) atoms. The molecule has 0 spiro atoms. The first kappa shape index (κ1) is 19.4. The molecule has 0 aliphatic carbocycles. The molecule has 2 aromatic rings. The number of ether oxygens (including phenoxy) is 1. The molecule has 2 aromatic heterocycles. The molecular weight excluding hydrogens is 358 g/mol. The maximum atomic E-state index is 10.8. The number of aliphatic hydroxyl groups is 2. The van der Waals surface area contributed by atoms with Crippen LogP contribution in [0.5, 0.6) is 0 Å². The number of imidazole rings is 1. The summed E-state index contributed by atoms with van der Waals surface area (Å²) in [6, 6.07) is -0.956. The second-order valence-electron chi connectivity index (χ2n) is 6.62. The first-order chi connectivity index (χ1) is 12.8. The molecule has 3 rings (SSSR count). The minimum Gasteiger partial charge on any atom is -0.480 e. The number of nitrogen functional groups attached to an aromatic ring is 1. The van der Waals surface area contributed by atoms with E-state index in [-0.39, 0.29) is 18.8 Å². The number of aromatic nitrogens is 4. The van der Waals surface area contributed by atoms with Crippen molar-refractivity contribution in [3.05, 3.63) is 12.7 Å². The number of aliphatic hydroxyl groups excluding tert-OH is 2. The monoisotopic (exact) mass is 381 g/mol. The fraction of sp³-hybridized carbons (Fsp3) is 0.600. The maximum Gasteiger partial charge on any atom is 0.320 e. The summed E-state index contributed by atoms with van der Waals surface area (Å²) in [5.74, 6) is -0.859. The van der Waals surface area contributed by atoms with Crippen LogP contribution in [0, 0.1) is 0 Å². The molecule has 0 unspecified atom stereocenters. The van der Waals surface area contributed by atoms with Crippen LogP contribution in [0.1, 0.15) is 12.6 Å². The summed E-state index contributed by atoms with van der Waals surface area (Å²) in [6.07, 6.45) is -0.950. The highest BCUT2D eigenvalue weighted by molar-refractivity contribution is 5.81. The fourth-order valence-electron chi connectivity index (χ4n) is 3.05. The molecule has 12 nitrogen and oxygen atoms in total. The van der Waals surface area contributed by atoms with Crippen molar-refractivity contribution < 1.29 is 24.9 Å². The first-order valence-electron chi connectivity index (χ1n) is 8.41. The van der Waals surface area contributed by atoms with E-state index in [0.29, 0.717) is 17.7 Å². The van der Waals surface area contributed by atoms with E-state index >= 15 is 0 Å². The molecular formula is C15H23N7O5. The van der Waals surface area contributed by atoms with Gasteiger partial charge in [-0.05, 0) is 20.0 Å². The van der Waals surface area contributed by atoms with E-state index in [0.717, 1.165) is 0 Å². The highest BCUT2D eigenvalue weighted by atomic mass is 16.6. The number of carboxylic acids is 1. The molecule has 3 heterocycles. The van der Waals surface area contributed by atoms with E-state index < -0.39 is 36.6 Å². The quantitative estimate of drug-likeness (QED) is 0.349. The number of carboxylic acid groups (broad SMARTS) is 1. The Morgan fingerprint density at radius 3 is 2.81 bits per heavy atom. The molecule has 1 saturated heterocycles. The van der Waals surface area contributed by atoms with Gasteiger partial charge in [0.2, 0.25) is 0 Å². The minimum absolute atomic E-state index is 0.206.